The molecule has 0 radical (unpaired) electrons. The third-order valence-corrected chi connectivity index (χ3v) is 4.12. The number of aromatic amines is 1. The summed E-state index contributed by atoms with van der Waals surface area (Å²) in [5.74, 6) is 1.69. The normalized spacial score (nSPS) is 22.8. The quantitative estimate of drug-likeness (QED) is 0.914. The topological polar surface area (TPSA) is 42.1 Å². The van der Waals surface area contributed by atoms with Crippen molar-refractivity contribution in [1.29, 1.82) is 0 Å². The molecule has 0 amide bonds. The summed E-state index contributed by atoms with van der Waals surface area (Å²) in [5.41, 5.74) is -0.0454. The van der Waals surface area contributed by atoms with Crippen LogP contribution in [-0.2, 0) is 0 Å². The van der Waals surface area contributed by atoms with E-state index in [2.05, 4.69) is 11.9 Å². The van der Waals surface area contributed by atoms with Crippen molar-refractivity contribution in [2.24, 2.45) is 5.92 Å². The van der Waals surface area contributed by atoms with E-state index in [4.69, 9.17) is 4.74 Å². The number of H-pyrrole nitrogens is 1. The molecule has 1 aromatic heterocycles. The molecule has 3 nitrogen and oxygen atoms in total. The Labute approximate surface area is 112 Å². The van der Waals surface area contributed by atoms with E-state index in [1.165, 1.54) is 12.8 Å². The van der Waals surface area contributed by atoms with Gasteiger partial charge in [-0.25, -0.2) is 0 Å². The van der Waals surface area contributed by atoms with Gasteiger partial charge in [0.1, 0.15) is 5.75 Å². The second kappa shape index (κ2) is 5.08. The molecule has 19 heavy (non-hydrogen) atoms. The van der Waals surface area contributed by atoms with Crippen molar-refractivity contribution in [2.75, 3.05) is 0 Å². The van der Waals surface area contributed by atoms with Crippen LogP contribution >= 0.6 is 0 Å². The zero-order chi connectivity index (χ0) is 13.2. The zero-order valence-corrected chi connectivity index (χ0v) is 11.2. The first-order chi connectivity index (χ1) is 9.26. The first kappa shape index (κ1) is 12.3. The number of hydrogen-bond acceptors (Lipinski definition) is 2. The predicted molar refractivity (Wildman–Crippen MR) is 76.6 cm³/mol. The number of fused-ring (bicyclic) bond motifs is 1. The highest BCUT2D eigenvalue weighted by molar-refractivity contribution is 5.82. The summed E-state index contributed by atoms with van der Waals surface area (Å²) >= 11 is 0. The van der Waals surface area contributed by atoms with Gasteiger partial charge in [0.2, 0.25) is 0 Å². The number of aromatic nitrogens is 1. The van der Waals surface area contributed by atoms with Gasteiger partial charge in [0.15, 0.2) is 0 Å². The van der Waals surface area contributed by atoms with E-state index in [0.29, 0.717) is 11.5 Å². The standard InChI is InChI=1S/C16H19NO2/c1-2-11-3-4-13(9-11)19-14-5-6-15-12(10-14)7-8-17-16(15)18/h5-8,10-11,13H,2-4,9H2,1H3,(H,17,18)/t11-,13-/m0/s1. The lowest BCUT2D eigenvalue weighted by molar-refractivity contribution is 0.204. The Kier molecular flexibility index (Phi) is 3.28. The van der Waals surface area contributed by atoms with Gasteiger partial charge in [-0.3, -0.25) is 4.79 Å². The lowest BCUT2D eigenvalue weighted by Gasteiger charge is -2.14. The van der Waals surface area contributed by atoms with Crippen LogP contribution in [0.4, 0.5) is 0 Å². The van der Waals surface area contributed by atoms with E-state index in [-0.39, 0.29) is 5.56 Å². The molecule has 1 aromatic carbocycles. The Hall–Kier alpha value is -1.77. The van der Waals surface area contributed by atoms with Gasteiger partial charge < -0.3 is 9.72 Å². The maximum atomic E-state index is 11.6. The van der Waals surface area contributed by atoms with Crippen LogP contribution < -0.4 is 10.3 Å². The fourth-order valence-electron chi connectivity index (χ4n) is 2.94. The van der Waals surface area contributed by atoms with Crippen molar-refractivity contribution in [3.05, 3.63) is 40.8 Å². The molecule has 0 bridgehead atoms. The maximum absolute atomic E-state index is 11.6. The number of ether oxygens (including phenoxy) is 1. The van der Waals surface area contributed by atoms with Gasteiger partial charge in [-0.2, -0.15) is 0 Å². The fourth-order valence-corrected chi connectivity index (χ4v) is 2.94. The minimum Gasteiger partial charge on any atom is -0.490 e. The smallest absolute Gasteiger partial charge is 0.255 e. The highest BCUT2D eigenvalue weighted by atomic mass is 16.5. The molecule has 2 atom stereocenters. The van der Waals surface area contributed by atoms with Crippen molar-refractivity contribution < 1.29 is 4.74 Å². The summed E-state index contributed by atoms with van der Waals surface area (Å²) < 4.78 is 6.04. The summed E-state index contributed by atoms with van der Waals surface area (Å²) in [6.07, 6.45) is 6.83. The molecule has 0 aliphatic heterocycles. The summed E-state index contributed by atoms with van der Waals surface area (Å²) in [6, 6.07) is 7.61. The van der Waals surface area contributed by atoms with Crippen LogP contribution in [0, 0.1) is 5.92 Å². The molecular formula is C16H19NO2. The molecule has 3 rings (SSSR count). The highest BCUT2D eigenvalue weighted by Crippen LogP contribution is 2.31. The van der Waals surface area contributed by atoms with Crippen molar-refractivity contribution in [2.45, 2.75) is 38.7 Å². The molecule has 1 fully saturated rings. The second-order valence-corrected chi connectivity index (χ2v) is 5.38. The Morgan fingerprint density at radius 2 is 2.21 bits per heavy atom. The van der Waals surface area contributed by atoms with Crippen LogP contribution in [0.1, 0.15) is 32.6 Å². The highest BCUT2D eigenvalue weighted by Gasteiger charge is 2.24. The number of nitrogens with one attached hydrogen (secondary N) is 1. The SMILES string of the molecule is CC[C@H]1CC[C@H](Oc2ccc3c(=O)[nH]ccc3c2)C1. The lowest BCUT2D eigenvalue weighted by Crippen LogP contribution is -2.12. The van der Waals surface area contributed by atoms with Crippen LogP contribution in [0.3, 0.4) is 0 Å². The van der Waals surface area contributed by atoms with Crippen LogP contribution in [-0.4, -0.2) is 11.1 Å². The average Bonchev–Trinajstić information content (AvgIpc) is 2.86. The minimum atomic E-state index is -0.0454. The summed E-state index contributed by atoms with van der Waals surface area (Å²) in [6.45, 7) is 2.25. The number of rotatable bonds is 3. The van der Waals surface area contributed by atoms with E-state index >= 15 is 0 Å². The first-order valence-electron chi connectivity index (χ1n) is 7.04. The molecule has 1 aliphatic carbocycles. The van der Waals surface area contributed by atoms with Crippen molar-refractivity contribution >= 4 is 10.8 Å². The van der Waals surface area contributed by atoms with Gasteiger partial charge >= 0.3 is 0 Å². The second-order valence-electron chi connectivity index (χ2n) is 5.38. The number of hydrogen-bond donors (Lipinski definition) is 1. The van der Waals surface area contributed by atoms with Crippen LogP contribution in [0.2, 0.25) is 0 Å². The Bertz CT molecular complexity index is 632. The molecule has 1 heterocycles. The molecule has 3 heteroatoms. The average molecular weight is 257 g/mol. The maximum Gasteiger partial charge on any atom is 0.255 e. The molecule has 1 N–H and O–H groups in total. The lowest BCUT2D eigenvalue weighted by atomic mass is 10.1. The molecule has 1 aliphatic rings. The van der Waals surface area contributed by atoms with Crippen LogP contribution in [0.15, 0.2) is 35.3 Å². The monoisotopic (exact) mass is 257 g/mol. The van der Waals surface area contributed by atoms with Crippen molar-refractivity contribution in [3.63, 3.8) is 0 Å². The molecule has 1 saturated carbocycles. The largest absolute Gasteiger partial charge is 0.490 e. The third kappa shape index (κ3) is 2.50. The predicted octanol–water partition coefficient (Wildman–Crippen LogP) is 3.49. The number of pyridine rings is 1. The minimum absolute atomic E-state index is 0.0454. The fraction of sp³-hybridized carbons (Fsp3) is 0.438. The van der Waals surface area contributed by atoms with E-state index in [9.17, 15) is 4.79 Å². The van der Waals surface area contributed by atoms with E-state index in [1.807, 2.05) is 24.3 Å². The molecule has 100 valence electrons. The van der Waals surface area contributed by atoms with E-state index < -0.39 is 0 Å². The summed E-state index contributed by atoms with van der Waals surface area (Å²) in [7, 11) is 0. The summed E-state index contributed by atoms with van der Waals surface area (Å²) in [5, 5.41) is 1.65. The van der Waals surface area contributed by atoms with Gasteiger partial charge in [0, 0.05) is 11.6 Å². The van der Waals surface area contributed by atoms with Gasteiger partial charge in [-0.05, 0) is 54.8 Å². The van der Waals surface area contributed by atoms with Gasteiger partial charge in [0.25, 0.3) is 5.56 Å². The van der Waals surface area contributed by atoms with Gasteiger partial charge in [0.05, 0.1) is 6.10 Å². The van der Waals surface area contributed by atoms with E-state index in [0.717, 1.165) is 29.9 Å². The molecule has 0 saturated heterocycles. The Morgan fingerprint density at radius 3 is 3.00 bits per heavy atom. The zero-order valence-electron chi connectivity index (χ0n) is 11.2. The number of benzene rings is 1. The molecule has 2 aromatic rings. The Balaban J connectivity index is 1.81. The van der Waals surface area contributed by atoms with Crippen molar-refractivity contribution in [3.8, 4) is 5.75 Å². The van der Waals surface area contributed by atoms with Crippen molar-refractivity contribution in [1.82, 2.24) is 4.98 Å². The molecule has 0 spiro atoms. The first-order valence-corrected chi connectivity index (χ1v) is 7.04. The third-order valence-electron chi connectivity index (χ3n) is 4.12. The van der Waals surface area contributed by atoms with Gasteiger partial charge in [-0.15, -0.1) is 0 Å². The van der Waals surface area contributed by atoms with Crippen LogP contribution in [0.5, 0.6) is 5.75 Å². The summed E-state index contributed by atoms with van der Waals surface area (Å²) in [4.78, 5) is 14.3. The van der Waals surface area contributed by atoms with Gasteiger partial charge in [-0.1, -0.05) is 13.3 Å². The Morgan fingerprint density at radius 1 is 1.32 bits per heavy atom. The van der Waals surface area contributed by atoms with E-state index in [1.54, 1.807) is 6.20 Å². The molecule has 0 unspecified atom stereocenters. The van der Waals surface area contributed by atoms with Crippen LogP contribution in [0.25, 0.3) is 10.8 Å². The molecular weight excluding hydrogens is 238 g/mol.